The van der Waals surface area contributed by atoms with Gasteiger partial charge in [-0.05, 0) is 18.4 Å². The van der Waals surface area contributed by atoms with Crippen LogP contribution in [0.3, 0.4) is 0 Å². The summed E-state index contributed by atoms with van der Waals surface area (Å²) in [6.07, 6.45) is 1.95. The third kappa shape index (κ3) is 2.05. The fourth-order valence-corrected chi connectivity index (χ4v) is 1.36. The summed E-state index contributed by atoms with van der Waals surface area (Å²) in [7, 11) is 0. The second kappa shape index (κ2) is 4.15. The number of nitrogens with zero attached hydrogens (tertiary/aromatic N) is 2. The quantitative estimate of drug-likeness (QED) is 0.756. The topological polar surface area (TPSA) is 53.6 Å². The Morgan fingerprint density at radius 2 is 2.07 bits per heavy atom. The van der Waals surface area contributed by atoms with Crippen molar-refractivity contribution in [2.24, 2.45) is 0 Å². The Morgan fingerprint density at radius 1 is 1.29 bits per heavy atom. The molecule has 0 spiro atoms. The molecule has 1 aromatic carbocycles. The molecule has 0 unspecified atom stereocenters. The lowest BCUT2D eigenvalue weighted by Crippen LogP contribution is -1.91. The van der Waals surface area contributed by atoms with Crippen LogP contribution < -0.4 is 5.32 Å². The van der Waals surface area contributed by atoms with E-state index in [9.17, 15) is 0 Å². The highest BCUT2D eigenvalue weighted by atomic mass is 32.2. The monoisotopic (exact) mass is 206 g/mol. The van der Waals surface area contributed by atoms with Crippen LogP contribution >= 0.6 is 11.8 Å². The van der Waals surface area contributed by atoms with Gasteiger partial charge >= 0.3 is 0 Å². The molecule has 1 aromatic heterocycles. The fourth-order valence-electron chi connectivity index (χ4n) is 1.04. The SMILES string of the molecule is CSc1nc(Nc2ccccc2)n[nH]1. The zero-order chi connectivity index (χ0) is 9.80. The van der Waals surface area contributed by atoms with Gasteiger partial charge in [-0.1, -0.05) is 30.0 Å². The van der Waals surface area contributed by atoms with Gasteiger partial charge in [0.25, 0.3) is 0 Å². The Kier molecular flexibility index (Phi) is 2.69. The molecular formula is C9H10N4S. The molecule has 2 aromatic rings. The fraction of sp³-hybridized carbons (Fsp3) is 0.111. The Hall–Kier alpha value is -1.49. The van der Waals surface area contributed by atoms with Crippen LogP contribution in [0.2, 0.25) is 0 Å². The van der Waals surface area contributed by atoms with Crippen molar-refractivity contribution in [1.82, 2.24) is 15.2 Å². The molecule has 0 atom stereocenters. The van der Waals surface area contributed by atoms with Crippen molar-refractivity contribution in [3.8, 4) is 0 Å². The van der Waals surface area contributed by atoms with Gasteiger partial charge in [0, 0.05) is 5.69 Å². The Balaban J connectivity index is 2.11. The van der Waals surface area contributed by atoms with E-state index >= 15 is 0 Å². The first-order chi connectivity index (χ1) is 6.88. The summed E-state index contributed by atoms with van der Waals surface area (Å²) in [5.74, 6) is 0.598. The third-order valence-electron chi connectivity index (χ3n) is 1.69. The predicted octanol–water partition coefficient (Wildman–Crippen LogP) is 2.27. The van der Waals surface area contributed by atoms with Crippen molar-refractivity contribution < 1.29 is 0 Å². The maximum Gasteiger partial charge on any atom is 0.247 e. The number of aromatic amines is 1. The second-order valence-corrected chi connectivity index (χ2v) is 3.45. The van der Waals surface area contributed by atoms with Crippen LogP contribution in [0.15, 0.2) is 35.5 Å². The number of hydrogen-bond acceptors (Lipinski definition) is 4. The predicted molar refractivity (Wildman–Crippen MR) is 57.9 cm³/mol. The number of hydrogen-bond donors (Lipinski definition) is 2. The average Bonchev–Trinajstić information content (AvgIpc) is 2.67. The van der Waals surface area contributed by atoms with Gasteiger partial charge in [-0.2, -0.15) is 4.98 Å². The van der Waals surface area contributed by atoms with Gasteiger partial charge in [-0.25, -0.2) is 0 Å². The normalized spacial score (nSPS) is 10.1. The highest BCUT2D eigenvalue weighted by Gasteiger charge is 2.00. The van der Waals surface area contributed by atoms with Crippen LogP contribution in [-0.2, 0) is 0 Å². The molecule has 0 aliphatic carbocycles. The Bertz CT molecular complexity index is 398. The highest BCUT2D eigenvalue weighted by molar-refractivity contribution is 7.98. The van der Waals surface area contributed by atoms with E-state index in [1.807, 2.05) is 36.6 Å². The zero-order valence-corrected chi connectivity index (χ0v) is 8.51. The third-order valence-corrected chi connectivity index (χ3v) is 2.26. The maximum atomic E-state index is 4.21. The molecule has 0 saturated carbocycles. The number of nitrogens with one attached hydrogen (secondary N) is 2. The van der Waals surface area contributed by atoms with Crippen molar-refractivity contribution >= 4 is 23.4 Å². The number of rotatable bonds is 3. The van der Waals surface area contributed by atoms with Gasteiger partial charge in [0.1, 0.15) is 0 Å². The minimum Gasteiger partial charge on any atom is -0.323 e. The summed E-state index contributed by atoms with van der Waals surface area (Å²) < 4.78 is 0. The summed E-state index contributed by atoms with van der Waals surface area (Å²) in [5.41, 5.74) is 0.985. The van der Waals surface area contributed by atoms with Gasteiger partial charge in [-0.15, -0.1) is 5.10 Å². The van der Waals surface area contributed by atoms with Crippen LogP contribution in [0.4, 0.5) is 11.6 Å². The molecule has 0 saturated heterocycles. The molecule has 14 heavy (non-hydrogen) atoms. The number of benzene rings is 1. The lowest BCUT2D eigenvalue weighted by molar-refractivity contribution is 0.976. The first-order valence-electron chi connectivity index (χ1n) is 4.17. The Morgan fingerprint density at radius 3 is 2.71 bits per heavy atom. The molecule has 72 valence electrons. The minimum atomic E-state index is 0.598. The largest absolute Gasteiger partial charge is 0.323 e. The van der Waals surface area contributed by atoms with Crippen molar-refractivity contribution in [2.75, 3.05) is 11.6 Å². The van der Waals surface area contributed by atoms with Crippen molar-refractivity contribution in [1.29, 1.82) is 0 Å². The molecule has 0 aliphatic heterocycles. The molecule has 0 bridgehead atoms. The summed E-state index contributed by atoms with van der Waals surface area (Å²) in [5, 5.41) is 10.7. The lowest BCUT2D eigenvalue weighted by Gasteiger charge is -1.98. The van der Waals surface area contributed by atoms with E-state index in [1.165, 1.54) is 11.8 Å². The molecule has 5 heteroatoms. The summed E-state index contributed by atoms with van der Waals surface area (Å²) in [4.78, 5) is 4.21. The Labute approximate surface area is 86.1 Å². The van der Waals surface area contributed by atoms with E-state index in [0.29, 0.717) is 5.95 Å². The summed E-state index contributed by atoms with van der Waals surface area (Å²) >= 11 is 1.53. The highest BCUT2D eigenvalue weighted by Crippen LogP contribution is 2.14. The molecular weight excluding hydrogens is 196 g/mol. The van der Waals surface area contributed by atoms with E-state index < -0.39 is 0 Å². The number of anilines is 2. The molecule has 4 nitrogen and oxygen atoms in total. The van der Waals surface area contributed by atoms with Crippen LogP contribution in [0.1, 0.15) is 0 Å². The molecule has 2 rings (SSSR count). The van der Waals surface area contributed by atoms with Crippen molar-refractivity contribution in [2.45, 2.75) is 5.16 Å². The molecule has 1 heterocycles. The maximum absolute atomic E-state index is 4.21. The molecule has 0 fully saturated rings. The first-order valence-corrected chi connectivity index (χ1v) is 5.39. The molecule has 2 N–H and O–H groups in total. The number of para-hydroxylation sites is 1. The van der Waals surface area contributed by atoms with Crippen molar-refractivity contribution in [3.63, 3.8) is 0 Å². The standard InChI is InChI=1S/C9H10N4S/c1-14-9-11-8(12-13-9)10-7-5-3-2-4-6-7/h2-6H,1H3,(H2,10,11,12,13). The van der Waals surface area contributed by atoms with E-state index in [1.54, 1.807) is 0 Å². The average molecular weight is 206 g/mol. The number of H-pyrrole nitrogens is 1. The van der Waals surface area contributed by atoms with Crippen LogP contribution in [0, 0.1) is 0 Å². The molecule has 0 aliphatic rings. The van der Waals surface area contributed by atoms with Crippen LogP contribution in [0.5, 0.6) is 0 Å². The van der Waals surface area contributed by atoms with Crippen molar-refractivity contribution in [3.05, 3.63) is 30.3 Å². The lowest BCUT2D eigenvalue weighted by atomic mass is 10.3. The molecule has 0 amide bonds. The van der Waals surface area contributed by atoms with E-state index in [0.717, 1.165) is 10.8 Å². The van der Waals surface area contributed by atoms with E-state index in [-0.39, 0.29) is 0 Å². The summed E-state index contributed by atoms with van der Waals surface area (Å²) in [6.45, 7) is 0. The van der Waals surface area contributed by atoms with Gasteiger partial charge < -0.3 is 5.32 Å². The van der Waals surface area contributed by atoms with Gasteiger partial charge in [0.05, 0.1) is 0 Å². The van der Waals surface area contributed by atoms with Gasteiger partial charge in [0.2, 0.25) is 5.95 Å². The minimum absolute atomic E-state index is 0.598. The second-order valence-electron chi connectivity index (χ2n) is 2.66. The van der Waals surface area contributed by atoms with Crippen LogP contribution in [-0.4, -0.2) is 21.4 Å². The van der Waals surface area contributed by atoms with E-state index in [2.05, 4.69) is 20.5 Å². The summed E-state index contributed by atoms with van der Waals surface area (Å²) in [6, 6.07) is 9.83. The number of thioether (sulfide) groups is 1. The van der Waals surface area contributed by atoms with Gasteiger partial charge in [-0.3, -0.25) is 5.10 Å². The van der Waals surface area contributed by atoms with Gasteiger partial charge in [0.15, 0.2) is 5.16 Å². The molecule has 0 radical (unpaired) electrons. The van der Waals surface area contributed by atoms with Crippen LogP contribution in [0.25, 0.3) is 0 Å². The number of aromatic nitrogens is 3. The van der Waals surface area contributed by atoms with E-state index in [4.69, 9.17) is 0 Å². The zero-order valence-electron chi connectivity index (χ0n) is 7.69. The first kappa shape index (κ1) is 9.08. The smallest absolute Gasteiger partial charge is 0.247 e.